The SMILES string of the molecule is O=C(O)[C@@H]1CCCN(CCCN2c3ccccc3Nc3ccccc32)C1. The molecule has 2 aromatic rings. The summed E-state index contributed by atoms with van der Waals surface area (Å²) in [7, 11) is 0. The summed E-state index contributed by atoms with van der Waals surface area (Å²) in [5, 5.41) is 12.8. The Bertz CT molecular complexity index is 747. The molecule has 0 bridgehead atoms. The number of hydrogen-bond donors (Lipinski definition) is 2. The maximum Gasteiger partial charge on any atom is 0.307 e. The van der Waals surface area contributed by atoms with Gasteiger partial charge in [-0.2, -0.15) is 0 Å². The molecule has 1 atom stereocenters. The maximum absolute atomic E-state index is 11.3. The topological polar surface area (TPSA) is 55.8 Å². The zero-order valence-electron chi connectivity index (χ0n) is 14.9. The molecular weight excluding hydrogens is 326 g/mol. The van der Waals surface area contributed by atoms with Gasteiger partial charge in [0.05, 0.1) is 28.7 Å². The van der Waals surface area contributed by atoms with E-state index < -0.39 is 5.97 Å². The van der Waals surface area contributed by atoms with E-state index >= 15 is 0 Å². The Hall–Kier alpha value is -2.53. The van der Waals surface area contributed by atoms with Crippen molar-refractivity contribution in [1.29, 1.82) is 0 Å². The van der Waals surface area contributed by atoms with E-state index in [0.29, 0.717) is 6.54 Å². The van der Waals surface area contributed by atoms with Crippen LogP contribution in [0.4, 0.5) is 22.7 Å². The fourth-order valence-corrected chi connectivity index (χ4v) is 4.06. The molecule has 0 amide bonds. The van der Waals surface area contributed by atoms with Gasteiger partial charge in [-0.1, -0.05) is 24.3 Å². The van der Waals surface area contributed by atoms with Crippen LogP contribution in [-0.4, -0.2) is 42.2 Å². The van der Waals surface area contributed by atoms with Crippen molar-refractivity contribution in [2.75, 3.05) is 36.4 Å². The lowest BCUT2D eigenvalue weighted by atomic mass is 9.98. The number of aliphatic carboxylic acids is 1. The first-order valence-electron chi connectivity index (χ1n) is 9.40. The Morgan fingerprint density at radius 2 is 1.69 bits per heavy atom. The molecule has 2 aliphatic heterocycles. The smallest absolute Gasteiger partial charge is 0.307 e. The average molecular weight is 351 g/mol. The number of carboxylic acid groups (broad SMARTS) is 1. The minimum Gasteiger partial charge on any atom is -0.481 e. The first-order valence-corrected chi connectivity index (χ1v) is 9.40. The molecule has 5 heteroatoms. The molecule has 26 heavy (non-hydrogen) atoms. The van der Waals surface area contributed by atoms with E-state index in [2.05, 4.69) is 63.6 Å². The van der Waals surface area contributed by atoms with Crippen LogP contribution in [-0.2, 0) is 4.79 Å². The number of carbonyl (C=O) groups is 1. The summed E-state index contributed by atoms with van der Waals surface area (Å²) in [5.74, 6) is -0.857. The molecule has 4 rings (SSSR count). The van der Waals surface area contributed by atoms with E-state index in [1.807, 2.05) is 0 Å². The van der Waals surface area contributed by atoms with E-state index in [4.69, 9.17) is 0 Å². The first kappa shape index (κ1) is 16.9. The van der Waals surface area contributed by atoms with E-state index in [-0.39, 0.29) is 5.92 Å². The van der Waals surface area contributed by atoms with Crippen LogP contribution in [0.15, 0.2) is 48.5 Å². The first-order chi connectivity index (χ1) is 12.7. The van der Waals surface area contributed by atoms with Crippen molar-refractivity contribution in [3.05, 3.63) is 48.5 Å². The number of benzene rings is 2. The molecule has 136 valence electrons. The lowest BCUT2D eigenvalue weighted by Gasteiger charge is -2.35. The highest BCUT2D eigenvalue weighted by molar-refractivity contribution is 5.91. The molecule has 0 radical (unpaired) electrons. The Kier molecular flexibility index (Phi) is 4.80. The molecule has 1 saturated heterocycles. The number of carboxylic acids is 1. The molecule has 0 spiro atoms. The van der Waals surface area contributed by atoms with Gasteiger partial charge in [-0.05, 0) is 56.6 Å². The van der Waals surface area contributed by atoms with E-state index in [1.54, 1.807) is 0 Å². The predicted molar refractivity (Wildman–Crippen MR) is 105 cm³/mol. The van der Waals surface area contributed by atoms with Crippen molar-refractivity contribution in [3.8, 4) is 0 Å². The van der Waals surface area contributed by atoms with E-state index in [0.717, 1.165) is 50.3 Å². The molecule has 2 aromatic carbocycles. The van der Waals surface area contributed by atoms with Gasteiger partial charge in [0, 0.05) is 13.1 Å². The fraction of sp³-hybridized carbons (Fsp3) is 0.381. The molecule has 5 nitrogen and oxygen atoms in total. The van der Waals surface area contributed by atoms with Crippen molar-refractivity contribution in [3.63, 3.8) is 0 Å². The normalized spacial score (nSPS) is 19.4. The molecule has 2 aliphatic rings. The molecule has 2 heterocycles. The number of nitrogens with zero attached hydrogens (tertiary/aromatic N) is 2. The highest BCUT2D eigenvalue weighted by atomic mass is 16.4. The number of anilines is 4. The second-order valence-electron chi connectivity index (χ2n) is 7.14. The lowest BCUT2D eigenvalue weighted by Crippen LogP contribution is -2.40. The van der Waals surface area contributed by atoms with Gasteiger partial charge in [0.15, 0.2) is 0 Å². The third-order valence-corrected chi connectivity index (χ3v) is 5.37. The van der Waals surface area contributed by atoms with Crippen molar-refractivity contribution in [1.82, 2.24) is 4.90 Å². The van der Waals surface area contributed by atoms with E-state index in [1.165, 1.54) is 11.4 Å². The summed E-state index contributed by atoms with van der Waals surface area (Å²) < 4.78 is 0. The quantitative estimate of drug-likeness (QED) is 0.850. The molecule has 0 saturated carbocycles. The van der Waals surface area contributed by atoms with Crippen LogP contribution in [0.1, 0.15) is 19.3 Å². The molecule has 0 unspecified atom stereocenters. The van der Waals surface area contributed by atoms with Gasteiger partial charge < -0.3 is 20.2 Å². The third-order valence-electron chi connectivity index (χ3n) is 5.37. The molecule has 2 N–H and O–H groups in total. The van der Waals surface area contributed by atoms with Gasteiger partial charge in [0.1, 0.15) is 0 Å². The van der Waals surface area contributed by atoms with Gasteiger partial charge in [-0.15, -0.1) is 0 Å². The number of rotatable bonds is 5. The largest absolute Gasteiger partial charge is 0.481 e. The highest BCUT2D eigenvalue weighted by Gasteiger charge is 2.26. The number of nitrogens with one attached hydrogen (secondary N) is 1. The molecule has 0 aromatic heterocycles. The molecular formula is C21H25N3O2. The van der Waals surface area contributed by atoms with Gasteiger partial charge in [0.25, 0.3) is 0 Å². The van der Waals surface area contributed by atoms with Gasteiger partial charge in [-0.3, -0.25) is 4.79 Å². The van der Waals surface area contributed by atoms with Crippen molar-refractivity contribution >= 4 is 28.7 Å². The monoisotopic (exact) mass is 351 g/mol. The van der Waals surface area contributed by atoms with Crippen LogP contribution < -0.4 is 10.2 Å². The molecule has 1 fully saturated rings. The van der Waals surface area contributed by atoms with Crippen LogP contribution in [0, 0.1) is 5.92 Å². The lowest BCUT2D eigenvalue weighted by molar-refractivity contribution is -0.143. The number of piperidine rings is 1. The van der Waals surface area contributed by atoms with Gasteiger partial charge in [0.2, 0.25) is 0 Å². The number of hydrogen-bond acceptors (Lipinski definition) is 4. The summed E-state index contributed by atoms with van der Waals surface area (Å²) >= 11 is 0. The van der Waals surface area contributed by atoms with Crippen LogP contribution >= 0.6 is 0 Å². The summed E-state index contributed by atoms with van der Waals surface area (Å²) in [6.07, 6.45) is 2.80. The number of likely N-dealkylation sites (tertiary alicyclic amines) is 1. The third kappa shape index (κ3) is 3.40. The van der Waals surface area contributed by atoms with Crippen molar-refractivity contribution in [2.24, 2.45) is 5.92 Å². The summed E-state index contributed by atoms with van der Waals surface area (Å²) in [6, 6.07) is 16.8. The van der Waals surface area contributed by atoms with Crippen LogP contribution in [0.5, 0.6) is 0 Å². The molecule has 0 aliphatic carbocycles. The van der Waals surface area contributed by atoms with Crippen molar-refractivity contribution < 1.29 is 9.90 Å². The second-order valence-corrected chi connectivity index (χ2v) is 7.14. The standard InChI is InChI=1S/C21H25N3O2/c25-21(26)16-7-5-12-23(15-16)13-6-14-24-19-10-3-1-8-17(19)22-18-9-2-4-11-20(18)24/h1-4,8-11,16,22H,5-7,12-15H2,(H,25,26)/t16-/m1/s1. The van der Waals surface area contributed by atoms with E-state index in [9.17, 15) is 9.90 Å². The number of fused-ring (bicyclic) bond motifs is 2. The maximum atomic E-state index is 11.3. The van der Waals surface area contributed by atoms with Gasteiger partial charge >= 0.3 is 5.97 Å². The zero-order valence-corrected chi connectivity index (χ0v) is 14.9. The van der Waals surface area contributed by atoms with Crippen molar-refractivity contribution in [2.45, 2.75) is 19.3 Å². The fourth-order valence-electron chi connectivity index (χ4n) is 4.06. The number of para-hydroxylation sites is 4. The Labute approximate surface area is 154 Å². The summed E-state index contributed by atoms with van der Waals surface area (Å²) in [6.45, 7) is 3.56. The summed E-state index contributed by atoms with van der Waals surface area (Å²) in [5.41, 5.74) is 4.67. The Morgan fingerprint density at radius 3 is 2.35 bits per heavy atom. The van der Waals surface area contributed by atoms with Gasteiger partial charge in [-0.25, -0.2) is 0 Å². The Balaban J connectivity index is 1.44. The second kappa shape index (κ2) is 7.38. The Morgan fingerprint density at radius 1 is 1.04 bits per heavy atom. The predicted octanol–water partition coefficient (Wildman–Crippen LogP) is 4.07. The summed E-state index contributed by atoms with van der Waals surface area (Å²) in [4.78, 5) is 15.9. The van der Waals surface area contributed by atoms with Crippen LogP contribution in [0.2, 0.25) is 0 Å². The van der Waals surface area contributed by atoms with Crippen LogP contribution in [0.25, 0.3) is 0 Å². The minimum atomic E-state index is -0.653. The minimum absolute atomic E-state index is 0.204. The average Bonchev–Trinajstić information content (AvgIpc) is 2.67. The van der Waals surface area contributed by atoms with Crippen LogP contribution in [0.3, 0.4) is 0 Å². The highest BCUT2D eigenvalue weighted by Crippen LogP contribution is 2.43. The zero-order chi connectivity index (χ0) is 17.9.